The number of carbonyl (C=O) groups is 11. The summed E-state index contributed by atoms with van der Waals surface area (Å²) in [7, 11) is 9.79. The number of alkyl halides is 5. The Balaban J connectivity index is 1.39. The summed E-state index contributed by atoms with van der Waals surface area (Å²) in [5.41, 5.74) is -2.70. The van der Waals surface area contributed by atoms with E-state index >= 15 is 13.6 Å². The largest absolute Gasteiger partial charge is 0.417 e. The van der Waals surface area contributed by atoms with Gasteiger partial charge in [-0.05, 0) is 106 Å². The van der Waals surface area contributed by atoms with Crippen LogP contribution in [0.3, 0.4) is 0 Å². The van der Waals surface area contributed by atoms with E-state index in [2.05, 4.69) is 16.0 Å². The van der Waals surface area contributed by atoms with Crippen LogP contribution in [0.2, 0.25) is 5.02 Å². The minimum Gasteiger partial charge on any atom is -0.343 e. The summed E-state index contributed by atoms with van der Waals surface area (Å²) in [4.78, 5) is 169. The third-order valence-electron chi connectivity index (χ3n) is 20.2. The molecule has 5 fully saturated rings. The first kappa shape index (κ1) is 76.3. The van der Waals surface area contributed by atoms with E-state index in [1.807, 2.05) is 20.8 Å². The molecule has 3 N–H and O–H groups in total. The third-order valence-corrected chi connectivity index (χ3v) is 20.5. The van der Waals surface area contributed by atoms with Crippen molar-refractivity contribution in [3.8, 4) is 0 Å². The van der Waals surface area contributed by atoms with Crippen LogP contribution >= 0.6 is 11.6 Å². The maximum atomic E-state index is 15.9. The Labute approximate surface area is 554 Å². The highest BCUT2D eigenvalue weighted by Crippen LogP contribution is 2.40. The van der Waals surface area contributed by atoms with Gasteiger partial charge in [0, 0.05) is 68.2 Å². The van der Waals surface area contributed by atoms with Gasteiger partial charge in [-0.1, -0.05) is 96.7 Å². The van der Waals surface area contributed by atoms with Crippen LogP contribution < -0.4 is 16.0 Å². The number of amides is 11. The van der Waals surface area contributed by atoms with Crippen LogP contribution in [0.15, 0.2) is 18.2 Å². The van der Waals surface area contributed by atoms with Gasteiger partial charge in [-0.3, -0.25) is 52.7 Å². The minimum absolute atomic E-state index is 0.0306. The molecule has 1 aromatic rings. The van der Waals surface area contributed by atoms with Crippen molar-refractivity contribution in [2.45, 2.75) is 217 Å². The van der Waals surface area contributed by atoms with Crippen LogP contribution in [0, 0.1) is 23.7 Å². The molecule has 22 nitrogen and oxygen atoms in total. The fourth-order valence-electron chi connectivity index (χ4n) is 13.8. The molecule has 1 spiro atoms. The molecule has 3 saturated carbocycles. The number of benzene rings is 1. The molecule has 0 radical (unpaired) electrons. The van der Waals surface area contributed by atoms with E-state index in [1.165, 1.54) is 68.9 Å². The first-order valence-corrected chi connectivity index (χ1v) is 33.5. The zero-order valence-electron chi connectivity index (χ0n) is 56.7. The van der Waals surface area contributed by atoms with E-state index in [1.54, 1.807) is 13.8 Å². The Hall–Kier alpha value is -6.67. The molecule has 11 amide bonds. The SMILES string of the molecule is CC[C@H](C)[C@@H]1NC(=O)[C@H](CC(C)C)N(C)C(=O)C[C@@H](C)N(C)C(=O)[C@H](C2CCCC2)N(C)C(=O)C2(CCC2)NC(=O)[C@@H]2CC(F)(F)CN2C(=O)[C@H](CCc2ccc(C(F)(F)F)c(Cl)c2)NC(=O)CN(C)C(=O)[C@H](CC2CCCCC2)N(C)C(=O)CN(C)C(=O)CN(C)C1=O. The monoisotopic (exact) mass is 1350 g/mol. The van der Waals surface area contributed by atoms with E-state index in [0.717, 1.165) is 77.8 Å². The quantitative estimate of drug-likeness (QED) is 0.233. The van der Waals surface area contributed by atoms with E-state index < -0.39 is 180 Å². The van der Waals surface area contributed by atoms with Crippen LogP contribution in [0.5, 0.6) is 0 Å². The summed E-state index contributed by atoms with van der Waals surface area (Å²) in [5, 5.41) is 7.46. The minimum atomic E-state index is -4.82. The topological polar surface area (TPSA) is 250 Å². The first-order chi connectivity index (χ1) is 43.9. The van der Waals surface area contributed by atoms with E-state index in [0.29, 0.717) is 30.6 Å². The number of carbonyl (C=O) groups excluding carboxylic acids is 11. The van der Waals surface area contributed by atoms with Crippen LogP contribution in [0.25, 0.3) is 0 Å². The number of hydrogen-bond donors (Lipinski definition) is 3. The second-order valence-electron chi connectivity index (χ2n) is 27.8. The average Bonchev–Trinajstić information content (AvgIpc) is 1.25. The predicted molar refractivity (Wildman–Crippen MR) is 340 cm³/mol. The number of nitrogens with one attached hydrogen (secondary N) is 3. The molecule has 2 saturated heterocycles. The molecule has 2 aliphatic heterocycles. The van der Waals surface area contributed by atoms with Crippen LogP contribution in [0.1, 0.15) is 161 Å². The van der Waals surface area contributed by atoms with Gasteiger partial charge in [-0.2, -0.15) is 13.2 Å². The van der Waals surface area contributed by atoms with Crippen LogP contribution in [0.4, 0.5) is 22.0 Å². The molecule has 0 unspecified atom stereocenters. The van der Waals surface area contributed by atoms with Crippen molar-refractivity contribution in [3.63, 3.8) is 0 Å². The lowest BCUT2D eigenvalue weighted by Crippen LogP contribution is -2.68. The lowest BCUT2D eigenvalue weighted by Gasteiger charge is -2.46. The normalized spacial score (nSPS) is 27.3. The zero-order valence-corrected chi connectivity index (χ0v) is 57.4. The van der Waals surface area contributed by atoms with E-state index in [-0.39, 0.29) is 61.8 Å². The van der Waals surface area contributed by atoms with Gasteiger partial charge in [-0.25, -0.2) is 8.78 Å². The Morgan fingerprint density at radius 2 is 1.26 bits per heavy atom. The Kier molecular flexibility index (Phi) is 26.3. The van der Waals surface area contributed by atoms with Gasteiger partial charge in [0.15, 0.2) is 0 Å². The van der Waals surface area contributed by atoms with Crippen molar-refractivity contribution in [3.05, 3.63) is 34.3 Å². The van der Waals surface area contributed by atoms with Gasteiger partial charge >= 0.3 is 6.18 Å². The number of nitrogens with zero attached hydrogens (tertiary/aromatic N) is 8. The van der Waals surface area contributed by atoms with E-state index in [9.17, 15) is 61.1 Å². The molecule has 6 rings (SSSR count). The molecule has 8 atom stereocenters. The van der Waals surface area contributed by atoms with Gasteiger partial charge in [0.1, 0.15) is 41.8 Å². The van der Waals surface area contributed by atoms with Crippen molar-refractivity contribution in [2.75, 3.05) is 75.5 Å². The Bertz CT molecular complexity index is 2940. The molecule has 5 aliphatic rings. The van der Waals surface area contributed by atoms with Crippen molar-refractivity contribution >= 4 is 76.6 Å². The highest BCUT2D eigenvalue weighted by Gasteiger charge is 2.56. The van der Waals surface area contributed by atoms with Gasteiger partial charge in [0.25, 0.3) is 5.92 Å². The van der Waals surface area contributed by atoms with Crippen molar-refractivity contribution in [2.24, 2.45) is 23.7 Å². The standard InChI is InChI=1S/C66H99ClF5N11O11/c1-13-40(4)55-61(92)78(8)36-53(86)76(6)37-54(87)81(11)49(33-42-20-15-14-16-21-42)60(91)77(7)35-51(84)73-47(27-25-43-24-26-45(46(67)32-43)66(70,71)72)59(90)83-38-65(68,69)34-50(83)58(89)75-64(28-19-29-64)63(94)82(12)56(44-22-17-18-23-44)62(93)79(9)41(5)31-52(85)80(10)48(30-39(2)3)57(88)74-55/h24,26,32,39-42,44,47-50,55-56H,13-23,25,27-31,33-38H2,1-12H3,(H,73,84)(H,74,88)(H,75,89)/t40-,41+,47-,48-,49-,50-,55-,56-/m0/s1. The number of aryl methyl sites for hydroxylation is 1. The molecule has 0 bridgehead atoms. The first-order valence-electron chi connectivity index (χ1n) is 33.2. The maximum absolute atomic E-state index is 15.9. The number of likely N-dealkylation sites (N-methyl/N-ethyl adjacent to an activating group) is 7. The summed E-state index contributed by atoms with van der Waals surface area (Å²) in [6, 6.07) is -6.22. The summed E-state index contributed by atoms with van der Waals surface area (Å²) in [6.07, 6.45) is 0.977. The highest BCUT2D eigenvalue weighted by atomic mass is 35.5. The number of halogens is 6. The third kappa shape index (κ3) is 18.9. The number of fused-ring (bicyclic) bond motifs is 1. The fourth-order valence-corrected chi connectivity index (χ4v) is 14.1. The molecule has 94 heavy (non-hydrogen) atoms. The molecule has 2 heterocycles. The summed E-state index contributed by atoms with van der Waals surface area (Å²) in [5.74, 6) is -13.0. The smallest absolute Gasteiger partial charge is 0.343 e. The lowest BCUT2D eigenvalue weighted by atomic mass is 9.74. The summed E-state index contributed by atoms with van der Waals surface area (Å²) >= 11 is 6.07. The second-order valence-corrected chi connectivity index (χ2v) is 28.2. The maximum Gasteiger partial charge on any atom is 0.417 e. The molecule has 28 heteroatoms. The molecular weight excluding hydrogens is 1250 g/mol. The van der Waals surface area contributed by atoms with Crippen molar-refractivity contribution < 1.29 is 74.7 Å². The van der Waals surface area contributed by atoms with Crippen LogP contribution in [-0.4, -0.2) is 233 Å². The van der Waals surface area contributed by atoms with Gasteiger partial charge in [0.2, 0.25) is 65.0 Å². The summed E-state index contributed by atoms with van der Waals surface area (Å²) in [6.45, 7) is 5.81. The van der Waals surface area contributed by atoms with Gasteiger partial charge in [-0.15, -0.1) is 0 Å². The summed E-state index contributed by atoms with van der Waals surface area (Å²) < 4.78 is 73.2. The zero-order chi connectivity index (χ0) is 70.1. The fraction of sp³-hybridized carbons (Fsp3) is 0.742. The van der Waals surface area contributed by atoms with Gasteiger partial charge < -0.3 is 55.1 Å². The van der Waals surface area contributed by atoms with Crippen molar-refractivity contribution in [1.29, 1.82) is 0 Å². The lowest BCUT2D eigenvalue weighted by molar-refractivity contribution is -0.155. The van der Waals surface area contributed by atoms with Crippen molar-refractivity contribution in [1.82, 2.24) is 55.1 Å². The second kappa shape index (κ2) is 32.4. The van der Waals surface area contributed by atoms with Gasteiger partial charge in [0.05, 0.1) is 36.8 Å². The predicted octanol–water partition coefficient (Wildman–Crippen LogP) is 5.90. The average molecular weight is 1350 g/mol. The van der Waals surface area contributed by atoms with E-state index in [4.69, 9.17) is 11.6 Å². The molecule has 1 aromatic carbocycles. The Morgan fingerprint density at radius 1 is 0.660 bits per heavy atom. The molecular formula is C66H99ClF5N11O11. The molecule has 526 valence electrons. The number of hydrogen-bond acceptors (Lipinski definition) is 11. The molecule has 0 aromatic heterocycles. The number of rotatable bonds is 10. The molecule has 3 aliphatic carbocycles. The van der Waals surface area contributed by atoms with Crippen LogP contribution in [-0.2, 0) is 65.3 Å². The Morgan fingerprint density at radius 3 is 1.83 bits per heavy atom. The highest BCUT2D eigenvalue weighted by molar-refractivity contribution is 6.31.